The highest BCUT2D eigenvalue weighted by Crippen LogP contribution is 2.27. The molecule has 1 atom stereocenters. The number of imidazole rings is 1. The summed E-state index contributed by atoms with van der Waals surface area (Å²) in [5, 5.41) is 0. The average molecular weight is 237 g/mol. The lowest BCUT2D eigenvalue weighted by Gasteiger charge is -2.09. The Kier molecular flexibility index (Phi) is 5.52. The van der Waals surface area contributed by atoms with Crippen LogP contribution in [0.15, 0.2) is 0 Å². The Hall–Kier alpha value is -0.990. The summed E-state index contributed by atoms with van der Waals surface area (Å²) in [7, 11) is 0. The predicted octanol–water partition coefficient (Wildman–Crippen LogP) is 3.73. The maximum atomic E-state index is 6.25. The van der Waals surface area contributed by atoms with Crippen LogP contribution in [0.4, 0.5) is 5.82 Å². The molecular formula is C14H27N3. The Morgan fingerprint density at radius 2 is 1.88 bits per heavy atom. The first-order chi connectivity index (χ1) is 8.15. The maximum Gasteiger partial charge on any atom is 0.127 e. The Labute approximate surface area is 105 Å². The first kappa shape index (κ1) is 14.1. The summed E-state index contributed by atoms with van der Waals surface area (Å²) in [5.74, 6) is 2.55. The van der Waals surface area contributed by atoms with Crippen molar-refractivity contribution in [2.45, 2.75) is 72.3 Å². The van der Waals surface area contributed by atoms with Crippen molar-refractivity contribution in [2.75, 3.05) is 5.73 Å². The first-order valence-corrected chi connectivity index (χ1v) is 7.00. The molecule has 2 N–H and O–H groups in total. The SMILES string of the molecule is CCCc1nc(C(C)CCC)c(N)n1CCC. The molecule has 1 unspecified atom stereocenters. The van der Waals surface area contributed by atoms with Crippen molar-refractivity contribution < 1.29 is 0 Å². The number of rotatable bonds is 7. The van der Waals surface area contributed by atoms with E-state index in [2.05, 4.69) is 32.3 Å². The van der Waals surface area contributed by atoms with E-state index in [1.54, 1.807) is 0 Å². The molecule has 1 aromatic heterocycles. The number of nitrogen functional groups attached to an aromatic ring is 1. The van der Waals surface area contributed by atoms with Crippen LogP contribution in [-0.4, -0.2) is 9.55 Å². The van der Waals surface area contributed by atoms with Crippen LogP contribution < -0.4 is 5.73 Å². The Balaban J connectivity index is 3.02. The lowest BCUT2D eigenvalue weighted by atomic mass is 10.0. The topological polar surface area (TPSA) is 43.8 Å². The minimum atomic E-state index is 0.480. The van der Waals surface area contributed by atoms with Gasteiger partial charge in [-0.05, 0) is 19.3 Å². The number of nitrogens with zero attached hydrogens (tertiary/aromatic N) is 2. The molecule has 0 saturated heterocycles. The van der Waals surface area contributed by atoms with E-state index in [0.717, 1.165) is 37.3 Å². The van der Waals surface area contributed by atoms with Gasteiger partial charge in [-0.15, -0.1) is 0 Å². The van der Waals surface area contributed by atoms with E-state index in [9.17, 15) is 0 Å². The molecule has 0 spiro atoms. The van der Waals surface area contributed by atoms with E-state index < -0.39 is 0 Å². The van der Waals surface area contributed by atoms with Gasteiger partial charge in [0.05, 0.1) is 5.69 Å². The van der Waals surface area contributed by atoms with Crippen LogP contribution in [0.5, 0.6) is 0 Å². The molecule has 0 aliphatic carbocycles. The molecular weight excluding hydrogens is 210 g/mol. The Bertz CT molecular complexity index is 341. The van der Waals surface area contributed by atoms with E-state index in [1.165, 1.54) is 18.7 Å². The van der Waals surface area contributed by atoms with Crippen LogP contribution in [0.2, 0.25) is 0 Å². The van der Waals surface area contributed by atoms with Gasteiger partial charge in [0.2, 0.25) is 0 Å². The molecule has 3 nitrogen and oxygen atoms in total. The molecule has 17 heavy (non-hydrogen) atoms. The summed E-state index contributed by atoms with van der Waals surface area (Å²) in [6, 6.07) is 0. The van der Waals surface area contributed by atoms with Gasteiger partial charge in [0, 0.05) is 18.9 Å². The van der Waals surface area contributed by atoms with E-state index in [1.807, 2.05) is 0 Å². The van der Waals surface area contributed by atoms with E-state index in [0.29, 0.717) is 5.92 Å². The number of anilines is 1. The highest BCUT2D eigenvalue weighted by atomic mass is 15.1. The van der Waals surface area contributed by atoms with Gasteiger partial charge in [-0.2, -0.15) is 0 Å². The number of hydrogen-bond donors (Lipinski definition) is 1. The summed E-state index contributed by atoms with van der Waals surface area (Å²) in [5.41, 5.74) is 7.37. The van der Waals surface area contributed by atoms with Crippen molar-refractivity contribution in [1.29, 1.82) is 0 Å². The highest BCUT2D eigenvalue weighted by molar-refractivity contribution is 5.40. The van der Waals surface area contributed by atoms with Crippen molar-refractivity contribution in [2.24, 2.45) is 0 Å². The van der Waals surface area contributed by atoms with Crippen LogP contribution in [0.25, 0.3) is 0 Å². The van der Waals surface area contributed by atoms with Gasteiger partial charge in [-0.3, -0.25) is 0 Å². The van der Waals surface area contributed by atoms with Gasteiger partial charge in [-0.1, -0.05) is 34.1 Å². The molecule has 0 aliphatic heterocycles. The summed E-state index contributed by atoms with van der Waals surface area (Å²) < 4.78 is 2.21. The number of aromatic nitrogens is 2. The van der Waals surface area contributed by atoms with Crippen LogP contribution in [0.1, 0.15) is 70.8 Å². The van der Waals surface area contributed by atoms with Crippen LogP contribution >= 0.6 is 0 Å². The molecule has 0 amide bonds. The summed E-state index contributed by atoms with van der Waals surface area (Å²) >= 11 is 0. The quantitative estimate of drug-likeness (QED) is 0.785. The van der Waals surface area contributed by atoms with Crippen molar-refractivity contribution in [3.63, 3.8) is 0 Å². The first-order valence-electron chi connectivity index (χ1n) is 7.00. The zero-order valence-corrected chi connectivity index (χ0v) is 11.8. The van der Waals surface area contributed by atoms with Crippen LogP contribution in [0, 0.1) is 0 Å². The number of aryl methyl sites for hydroxylation is 1. The third-order valence-corrected chi connectivity index (χ3v) is 3.22. The van der Waals surface area contributed by atoms with E-state index >= 15 is 0 Å². The van der Waals surface area contributed by atoms with Crippen LogP contribution in [-0.2, 0) is 13.0 Å². The van der Waals surface area contributed by atoms with Crippen LogP contribution in [0.3, 0.4) is 0 Å². The van der Waals surface area contributed by atoms with Gasteiger partial charge in [0.25, 0.3) is 0 Å². The maximum absolute atomic E-state index is 6.25. The van der Waals surface area contributed by atoms with E-state index in [4.69, 9.17) is 10.7 Å². The molecule has 0 fully saturated rings. The molecule has 0 bridgehead atoms. The highest BCUT2D eigenvalue weighted by Gasteiger charge is 2.17. The van der Waals surface area contributed by atoms with Crippen molar-refractivity contribution >= 4 is 5.82 Å². The second-order valence-corrected chi connectivity index (χ2v) is 4.89. The molecule has 0 radical (unpaired) electrons. The molecule has 98 valence electrons. The molecule has 0 saturated carbocycles. The predicted molar refractivity (Wildman–Crippen MR) is 74.2 cm³/mol. The van der Waals surface area contributed by atoms with Gasteiger partial charge < -0.3 is 10.3 Å². The molecule has 1 rings (SSSR count). The summed E-state index contributed by atoms with van der Waals surface area (Å²) in [4.78, 5) is 4.77. The molecule has 3 heteroatoms. The second kappa shape index (κ2) is 6.67. The Morgan fingerprint density at radius 3 is 2.41 bits per heavy atom. The normalized spacial score (nSPS) is 12.9. The zero-order chi connectivity index (χ0) is 12.8. The van der Waals surface area contributed by atoms with Gasteiger partial charge in [0.1, 0.15) is 11.6 Å². The van der Waals surface area contributed by atoms with Crippen molar-refractivity contribution in [1.82, 2.24) is 9.55 Å². The van der Waals surface area contributed by atoms with Gasteiger partial charge >= 0.3 is 0 Å². The monoisotopic (exact) mass is 237 g/mol. The zero-order valence-electron chi connectivity index (χ0n) is 11.8. The van der Waals surface area contributed by atoms with Crippen molar-refractivity contribution in [3.8, 4) is 0 Å². The fourth-order valence-corrected chi connectivity index (χ4v) is 2.35. The van der Waals surface area contributed by atoms with Crippen molar-refractivity contribution in [3.05, 3.63) is 11.5 Å². The fourth-order valence-electron chi connectivity index (χ4n) is 2.35. The lowest BCUT2D eigenvalue weighted by molar-refractivity contribution is 0.637. The van der Waals surface area contributed by atoms with E-state index in [-0.39, 0.29) is 0 Å². The molecule has 0 aromatic carbocycles. The molecule has 0 aliphatic rings. The minimum absolute atomic E-state index is 0.480. The average Bonchev–Trinajstić information content (AvgIpc) is 2.59. The number of hydrogen-bond acceptors (Lipinski definition) is 2. The van der Waals surface area contributed by atoms with Gasteiger partial charge in [0.15, 0.2) is 0 Å². The fraction of sp³-hybridized carbons (Fsp3) is 0.786. The third-order valence-electron chi connectivity index (χ3n) is 3.22. The third kappa shape index (κ3) is 3.24. The lowest BCUT2D eigenvalue weighted by Crippen LogP contribution is -2.07. The minimum Gasteiger partial charge on any atom is -0.384 e. The summed E-state index contributed by atoms with van der Waals surface area (Å²) in [6.07, 6.45) is 5.62. The molecule has 1 heterocycles. The summed E-state index contributed by atoms with van der Waals surface area (Å²) in [6.45, 7) is 9.81. The smallest absolute Gasteiger partial charge is 0.127 e. The second-order valence-electron chi connectivity index (χ2n) is 4.89. The standard InChI is InChI=1S/C14H27N3/c1-5-8-11(4)13-14(15)17(10-7-3)12(16-13)9-6-2/h11H,5-10,15H2,1-4H3. The largest absolute Gasteiger partial charge is 0.384 e. The Morgan fingerprint density at radius 1 is 1.18 bits per heavy atom. The molecule has 1 aromatic rings. The van der Waals surface area contributed by atoms with Gasteiger partial charge in [-0.25, -0.2) is 4.98 Å². The number of nitrogens with two attached hydrogens (primary N) is 1.